The third-order valence-corrected chi connectivity index (χ3v) is 6.60. The van der Waals surface area contributed by atoms with E-state index in [0.29, 0.717) is 36.7 Å². The number of rotatable bonds is 7. The van der Waals surface area contributed by atoms with Crippen LogP contribution in [0.15, 0.2) is 48.5 Å². The molecule has 1 heterocycles. The smallest absolute Gasteiger partial charge is 0.282 e. The summed E-state index contributed by atoms with van der Waals surface area (Å²) in [5, 5.41) is 2.72. The molecular weight excluding hydrogens is 394 g/mol. The highest BCUT2D eigenvalue weighted by atomic mass is 32.2. The minimum Gasteiger partial charge on any atom is -0.497 e. The summed E-state index contributed by atoms with van der Waals surface area (Å²) in [6.07, 6.45) is 0.655. The van der Waals surface area contributed by atoms with Crippen LogP contribution >= 0.6 is 0 Å². The van der Waals surface area contributed by atoms with E-state index in [9.17, 15) is 13.2 Å². The molecule has 0 aromatic heterocycles. The lowest BCUT2D eigenvalue weighted by atomic mass is 10.2. The van der Waals surface area contributed by atoms with Crippen LogP contribution in [-0.2, 0) is 21.5 Å². The van der Waals surface area contributed by atoms with E-state index in [-0.39, 0.29) is 13.1 Å². The lowest BCUT2D eigenvalue weighted by molar-refractivity contribution is -0.116. The summed E-state index contributed by atoms with van der Waals surface area (Å²) in [5.74, 6) is 0.578. The van der Waals surface area contributed by atoms with Gasteiger partial charge in [-0.15, -0.1) is 0 Å². The summed E-state index contributed by atoms with van der Waals surface area (Å²) in [5.41, 5.74) is 1.33. The Hall–Kier alpha value is -2.62. The molecule has 0 spiro atoms. The van der Waals surface area contributed by atoms with Crippen LogP contribution in [0.3, 0.4) is 0 Å². The van der Waals surface area contributed by atoms with Crippen molar-refractivity contribution in [3.8, 4) is 11.5 Å². The van der Waals surface area contributed by atoms with Crippen LogP contribution in [0.1, 0.15) is 12.0 Å². The van der Waals surface area contributed by atoms with Crippen molar-refractivity contribution in [1.82, 2.24) is 8.61 Å². The Balaban J connectivity index is 1.70. The minimum atomic E-state index is -3.73. The number of benzene rings is 2. The van der Waals surface area contributed by atoms with Crippen LogP contribution < -0.4 is 14.8 Å². The van der Waals surface area contributed by atoms with Crippen LogP contribution in [0.2, 0.25) is 0 Å². The zero-order chi connectivity index (χ0) is 20.9. The van der Waals surface area contributed by atoms with Crippen LogP contribution in [-0.4, -0.2) is 56.8 Å². The third kappa shape index (κ3) is 5.06. The topological polar surface area (TPSA) is 88.2 Å². The highest BCUT2D eigenvalue weighted by Gasteiger charge is 2.34. The number of methoxy groups -OCH3 is 2. The molecule has 0 saturated carbocycles. The average molecular weight is 420 g/mol. The van der Waals surface area contributed by atoms with Gasteiger partial charge in [0.05, 0.1) is 26.5 Å². The van der Waals surface area contributed by atoms with E-state index in [1.54, 1.807) is 18.2 Å². The van der Waals surface area contributed by atoms with Gasteiger partial charge in [-0.3, -0.25) is 4.79 Å². The first kappa shape index (κ1) is 21.1. The number of amides is 1. The van der Waals surface area contributed by atoms with Crippen molar-refractivity contribution in [1.29, 1.82) is 0 Å². The second kappa shape index (κ2) is 9.25. The van der Waals surface area contributed by atoms with Gasteiger partial charge in [0.2, 0.25) is 5.91 Å². The quantitative estimate of drug-likeness (QED) is 0.743. The molecule has 0 unspecified atom stereocenters. The molecule has 1 saturated heterocycles. The summed E-state index contributed by atoms with van der Waals surface area (Å²) < 4.78 is 38.9. The van der Waals surface area contributed by atoms with Crippen molar-refractivity contribution in [2.75, 3.05) is 39.2 Å². The van der Waals surface area contributed by atoms with Gasteiger partial charge < -0.3 is 14.8 Å². The van der Waals surface area contributed by atoms with Gasteiger partial charge in [-0.2, -0.15) is 17.0 Å². The fourth-order valence-corrected chi connectivity index (χ4v) is 4.83. The molecule has 1 fully saturated rings. The van der Waals surface area contributed by atoms with Gasteiger partial charge in [0.1, 0.15) is 11.5 Å². The lowest BCUT2D eigenvalue weighted by Gasteiger charge is -2.34. The van der Waals surface area contributed by atoms with Gasteiger partial charge >= 0.3 is 0 Å². The SMILES string of the molecule is COc1ccc(OC)c(NC(=O)CN2CCCN(Cc3ccccc3)S2(=O)=O)c1. The van der Waals surface area contributed by atoms with Gasteiger partial charge in [0.25, 0.3) is 10.2 Å². The first-order valence-electron chi connectivity index (χ1n) is 9.25. The van der Waals surface area contributed by atoms with Crippen molar-refractivity contribution in [2.24, 2.45) is 0 Å². The standard InChI is InChI=1S/C20H25N3O5S/c1-27-17-9-10-19(28-2)18(13-17)21-20(24)15-23-12-6-11-22(29(23,25)26)14-16-7-4-3-5-8-16/h3-5,7-10,13H,6,11-12,14-15H2,1-2H3,(H,21,24). The summed E-state index contributed by atoms with van der Waals surface area (Å²) in [6.45, 7) is 0.744. The molecule has 1 aliphatic heterocycles. The van der Waals surface area contributed by atoms with Crippen molar-refractivity contribution in [2.45, 2.75) is 13.0 Å². The van der Waals surface area contributed by atoms with Crippen molar-refractivity contribution in [3.63, 3.8) is 0 Å². The molecule has 8 nitrogen and oxygen atoms in total. The van der Waals surface area contributed by atoms with E-state index >= 15 is 0 Å². The molecule has 2 aromatic rings. The molecule has 0 radical (unpaired) electrons. The molecule has 1 N–H and O–H groups in total. The van der Waals surface area contributed by atoms with Crippen molar-refractivity contribution in [3.05, 3.63) is 54.1 Å². The zero-order valence-corrected chi connectivity index (χ0v) is 17.3. The minimum absolute atomic E-state index is 0.270. The van der Waals surface area contributed by atoms with Crippen LogP contribution in [0.25, 0.3) is 0 Å². The van der Waals surface area contributed by atoms with Gasteiger partial charge in [-0.1, -0.05) is 30.3 Å². The molecule has 2 aromatic carbocycles. The number of hydrogen-bond acceptors (Lipinski definition) is 5. The average Bonchev–Trinajstić information content (AvgIpc) is 2.72. The van der Waals surface area contributed by atoms with Crippen LogP contribution in [0.5, 0.6) is 11.5 Å². The molecule has 29 heavy (non-hydrogen) atoms. The normalized spacial score (nSPS) is 16.9. The lowest BCUT2D eigenvalue weighted by Crippen LogP contribution is -2.51. The number of carbonyl (C=O) groups is 1. The van der Waals surface area contributed by atoms with E-state index in [2.05, 4.69) is 5.32 Å². The maximum Gasteiger partial charge on any atom is 0.282 e. The van der Waals surface area contributed by atoms with Gasteiger partial charge in [-0.05, 0) is 24.1 Å². The highest BCUT2D eigenvalue weighted by Crippen LogP contribution is 2.29. The number of carbonyl (C=O) groups excluding carboxylic acids is 1. The zero-order valence-electron chi connectivity index (χ0n) is 16.5. The molecule has 9 heteroatoms. The maximum atomic E-state index is 13.0. The van der Waals surface area contributed by atoms with Gasteiger partial charge in [-0.25, -0.2) is 0 Å². The fourth-order valence-electron chi connectivity index (χ4n) is 3.19. The van der Waals surface area contributed by atoms with Crippen LogP contribution in [0.4, 0.5) is 5.69 Å². The number of ether oxygens (including phenoxy) is 2. The fraction of sp³-hybridized carbons (Fsp3) is 0.350. The third-order valence-electron chi connectivity index (χ3n) is 4.67. The molecule has 0 aliphatic carbocycles. The largest absolute Gasteiger partial charge is 0.497 e. The maximum absolute atomic E-state index is 13.0. The first-order valence-corrected chi connectivity index (χ1v) is 10.6. The van der Waals surface area contributed by atoms with Crippen molar-refractivity contribution < 1.29 is 22.7 Å². The Bertz CT molecular complexity index is 950. The summed E-state index contributed by atoms with van der Waals surface area (Å²) >= 11 is 0. The molecule has 0 atom stereocenters. The van der Waals surface area contributed by atoms with E-state index in [0.717, 1.165) is 5.56 Å². The van der Waals surface area contributed by atoms with E-state index in [4.69, 9.17) is 9.47 Å². The predicted octanol–water partition coefficient (Wildman–Crippen LogP) is 2.09. The number of anilines is 1. The Morgan fingerprint density at radius 3 is 2.45 bits per heavy atom. The summed E-state index contributed by atoms with van der Waals surface area (Å²) in [6, 6.07) is 14.4. The summed E-state index contributed by atoms with van der Waals surface area (Å²) in [4.78, 5) is 12.6. The second-order valence-electron chi connectivity index (χ2n) is 6.63. The molecular formula is C20H25N3O5S. The van der Waals surface area contributed by atoms with Crippen LogP contribution in [0, 0.1) is 0 Å². The van der Waals surface area contributed by atoms with Crippen molar-refractivity contribution >= 4 is 21.8 Å². The number of hydrogen-bond donors (Lipinski definition) is 1. The van der Waals surface area contributed by atoms with E-state index < -0.39 is 16.1 Å². The molecule has 156 valence electrons. The van der Waals surface area contributed by atoms with E-state index in [1.165, 1.54) is 22.8 Å². The van der Waals surface area contributed by atoms with Gasteiger partial charge in [0.15, 0.2) is 0 Å². The second-order valence-corrected chi connectivity index (χ2v) is 8.56. The Morgan fingerprint density at radius 2 is 1.76 bits per heavy atom. The molecule has 1 amide bonds. The Kier molecular flexibility index (Phi) is 6.73. The Morgan fingerprint density at radius 1 is 1.03 bits per heavy atom. The molecule has 0 bridgehead atoms. The predicted molar refractivity (Wildman–Crippen MR) is 110 cm³/mol. The molecule has 1 aliphatic rings. The summed E-state index contributed by atoms with van der Waals surface area (Å²) in [7, 11) is -0.712. The number of nitrogens with zero attached hydrogens (tertiary/aromatic N) is 2. The van der Waals surface area contributed by atoms with E-state index in [1.807, 2.05) is 30.3 Å². The highest BCUT2D eigenvalue weighted by molar-refractivity contribution is 7.86. The van der Waals surface area contributed by atoms with Gasteiger partial charge in [0, 0.05) is 25.7 Å². The number of nitrogens with one attached hydrogen (secondary N) is 1. The monoisotopic (exact) mass is 419 g/mol. The first-order chi connectivity index (χ1) is 13.9. The molecule has 3 rings (SSSR count). The Labute approximate surface area is 171 Å².